The van der Waals surface area contributed by atoms with Crippen molar-refractivity contribution >= 4 is 12.1 Å². The van der Waals surface area contributed by atoms with Crippen LogP contribution in [-0.2, 0) is 18.3 Å². The van der Waals surface area contributed by atoms with Gasteiger partial charge in [0.05, 0.1) is 18.8 Å². The lowest BCUT2D eigenvalue weighted by Gasteiger charge is -2.22. The van der Waals surface area contributed by atoms with E-state index in [0.29, 0.717) is 25.6 Å². The van der Waals surface area contributed by atoms with Gasteiger partial charge in [-0.05, 0) is 40.0 Å². The van der Waals surface area contributed by atoms with E-state index in [2.05, 4.69) is 39.9 Å². The number of hydrogen-bond acceptors (Lipinski definition) is 4. The molecule has 0 saturated carbocycles. The summed E-state index contributed by atoms with van der Waals surface area (Å²) in [6.07, 6.45) is 0.472. The summed E-state index contributed by atoms with van der Waals surface area (Å²) in [6.45, 7) is 14.4. The van der Waals surface area contributed by atoms with Crippen molar-refractivity contribution in [1.82, 2.24) is 25.7 Å². The highest BCUT2D eigenvalue weighted by molar-refractivity contribution is 5.79. The zero-order chi connectivity index (χ0) is 20.4. The van der Waals surface area contributed by atoms with Gasteiger partial charge in [0.1, 0.15) is 0 Å². The number of guanidine groups is 1. The molecule has 1 rings (SSSR count). The number of aromatic nitrogens is 2. The Labute approximate surface area is 163 Å². The van der Waals surface area contributed by atoms with E-state index >= 15 is 0 Å². The number of ether oxygens (including phenoxy) is 1. The number of rotatable bonds is 9. The van der Waals surface area contributed by atoms with Crippen LogP contribution in [0.15, 0.2) is 4.99 Å². The van der Waals surface area contributed by atoms with E-state index in [1.807, 2.05) is 32.5 Å². The Morgan fingerprint density at radius 2 is 1.96 bits per heavy atom. The predicted molar refractivity (Wildman–Crippen MR) is 109 cm³/mol. The molecule has 1 unspecified atom stereocenters. The van der Waals surface area contributed by atoms with Crippen LogP contribution in [-0.4, -0.2) is 47.6 Å². The molecule has 0 aliphatic rings. The molecule has 0 aliphatic carbocycles. The zero-order valence-corrected chi connectivity index (χ0v) is 17.8. The Morgan fingerprint density at radius 3 is 2.48 bits per heavy atom. The van der Waals surface area contributed by atoms with Gasteiger partial charge in [0.2, 0.25) is 0 Å². The lowest BCUT2D eigenvalue weighted by Crippen LogP contribution is -2.47. The van der Waals surface area contributed by atoms with E-state index in [1.54, 1.807) is 6.92 Å². The Bertz CT molecular complexity index is 624. The number of aliphatic imine (C=N–C) groups is 1. The van der Waals surface area contributed by atoms with Crippen molar-refractivity contribution in [2.75, 3.05) is 19.7 Å². The molecule has 27 heavy (non-hydrogen) atoms. The van der Waals surface area contributed by atoms with Crippen molar-refractivity contribution in [3.8, 4) is 0 Å². The normalized spacial score (nSPS) is 12.8. The van der Waals surface area contributed by atoms with Crippen LogP contribution in [0, 0.1) is 19.8 Å². The van der Waals surface area contributed by atoms with Gasteiger partial charge >= 0.3 is 6.09 Å². The first-order valence-corrected chi connectivity index (χ1v) is 9.72. The molecule has 0 fully saturated rings. The number of aryl methyl sites for hydroxylation is 2. The average Bonchev–Trinajstić information content (AvgIpc) is 2.82. The third kappa shape index (κ3) is 7.88. The van der Waals surface area contributed by atoms with Crippen LogP contribution >= 0.6 is 0 Å². The Balaban J connectivity index is 2.76. The lowest BCUT2D eigenvalue weighted by atomic mass is 10.0. The molecule has 1 heterocycles. The molecule has 1 aromatic rings. The van der Waals surface area contributed by atoms with E-state index in [0.717, 1.165) is 35.9 Å². The molecule has 1 aromatic heterocycles. The van der Waals surface area contributed by atoms with Gasteiger partial charge in [0, 0.05) is 37.4 Å². The monoisotopic (exact) mass is 380 g/mol. The minimum Gasteiger partial charge on any atom is -0.450 e. The van der Waals surface area contributed by atoms with Crippen molar-refractivity contribution < 1.29 is 9.53 Å². The molecule has 0 radical (unpaired) electrons. The van der Waals surface area contributed by atoms with Crippen LogP contribution in [0.5, 0.6) is 0 Å². The van der Waals surface area contributed by atoms with Gasteiger partial charge in [-0.1, -0.05) is 13.8 Å². The quantitative estimate of drug-likeness (QED) is 0.451. The highest BCUT2D eigenvalue weighted by atomic mass is 16.5. The first kappa shape index (κ1) is 22.8. The summed E-state index contributed by atoms with van der Waals surface area (Å²) in [5, 5.41) is 13.9. The molecule has 1 amide bonds. The number of amides is 1. The van der Waals surface area contributed by atoms with Gasteiger partial charge in [0.15, 0.2) is 5.96 Å². The average molecular weight is 381 g/mol. The van der Waals surface area contributed by atoms with Crippen LogP contribution in [0.1, 0.15) is 51.1 Å². The number of alkyl carbamates (subject to hydrolysis) is 1. The number of carbonyl (C=O) groups excluding carboxylic acids is 1. The summed E-state index contributed by atoms with van der Waals surface area (Å²) in [6, 6.07) is -0.0326. The molecule has 0 saturated heterocycles. The summed E-state index contributed by atoms with van der Waals surface area (Å²) < 4.78 is 6.89. The largest absolute Gasteiger partial charge is 0.450 e. The number of carbonyl (C=O) groups is 1. The van der Waals surface area contributed by atoms with Gasteiger partial charge in [-0.3, -0.25) is 4.68 Å². The fourth-order valence-electron chi connectivity index (χ4n) is 2.87. The van der Waals surface area contributed by atoms with Gasteiger partial charge in [-0.15, -0.1) is 0 Å². The molecule has 0 spiro atoms. The molecular formula is C19H36N6O2. The summed E-state index contributed by atoms with van der Waals surface area (Å²) in [5.74, 6) is 1.18. The summed E-state index contributed by atoms with van der Waals surface area (Å²) in [7, 11) is 1.94. The van der Waals surface area contributed by atoms with E-state index in [-0.39, 0.29) is 12.1 Å². The molecule has 0 bridgehead atoms. The molecule has 1 atom stereocenters. The lowest BCUT2D eigenvalue weighted by molar-refractivity contribution is 0.146. The third-order valence-electron chi connectivity index (χ3n) is 4.27. The Kier molecular flexibility index (Phi) is 9.67. The van der Waals surface area contributed by atoms with Crippen LogP contribution in [0.25, 0.3) is 0 Å². The second-order valence-corrected chi connectivity index (χ2v) is 7.04. The first-order valence-electron chi connectivity index (χ1n) is 9.72. The molecule has 0 aromatic carbocycles. The number of hydrogen-bond donors (Lipinski definition) is 3. The van der Waals surface area contributed by atoms with Crippen LogP contribution in [0.4, 0.5) is 4.79 Å². The Morgan fingerprint density at radius 1 is 1.26 bits per heavy atom. The molecule has 8 heteroatoms. The molecular weight excluding hydrogens is 344 g/mol. The number of nitrogens with one attached hydrogen (secondary N) is 3. The van der Waals surface area contributed by atoms with Gasteiger partial charge < -0.3 is 20.7 Å². The number of nitrogens with zero attached hydrogens (tertiary/aromatic N) is 3. The second-order valence-electron chi connectivity index (χ2n) is 7.04. The molecule has 8 nitrogen and oxygen atoms in total. The third-order valence-corrected chi connectivity index (χ3v) is 4.27. The molecule has 154 valence electrons. The maximum Gasteiger partial charge on any atom is 0.407 e. The fourth-order valence-corrected chi connectivity index (χ4v) is 2.87. The van der Waals surface area contributed by atoms with E-state index in [9.17, 15) is 4.79 Å². The Hall–Kier alpha value is -2.25. The van der Waals surface area contributed by atoms with Gasteiger partial charge in [-0.2, -0.15) is 5.10 Å². The van der Waals surface area contributed by atoms with Crippen molar-refractivity contribution in [2.24, 2.45) is 18.0 Å². The van der Waals surface area contributed by atoms with Crippen LogP contribution in [0.3, 0.4) is 0 Å². The highest BCUT2D eigenvalue weighted by Crippen LogP contribution is 2.12. The van der Waals surface area contributed by atoms with Gasteiger partial charge in [-0.25, -0.2) is 9.79 Å². The maximum absolute atomic E-state index is 11.8. The van der Waals surface area contributed by atoms with Crippen molar-refractivity contribution in [1.29, 1.82) is 0 Å². The van der Waals surface area contributed by atoms with Crippen molar-refractivity contribution in [2.45, 2.75) is 60.5 Å². The van der Waals surface area contributed by atoms with Crippen molar-refractivity contribution in [3.63, 3.8) is 0 Å². The smallest absolute Gasteiger partial charge is 0.407 e. The van der Waals surface area contributed by atoms with E-state index in [1.165, 1.54) is 0 Å². The summed E-state index contributed by atoms with van der Waals surface area (Å²) in [5.41, 5.74) is 3.25. The topological polar surface area (TPSA) is 92.6 Å². The van der Waals surface area contributed by atoms with Crippen LogP contribution in [0.2, 0.25) is 0 Å². The predicted octanol–water partition coefficient (Wildman–Crippen LogP) is 2.25. The summed E-state index contributed by atoms with van der Waals surface area (Å²) in [4.78, 5) is 16.5. The SMILES string of the molecule is CCNC(=NCc1c(C)nn(C)c1C)NCC(CC(C)C)NC(=O)OCC. The first-order chi connectivity index (χ1) is 12.8. The molecule has 0 aliphatic heterocycles. The van der Waals surface area contributed by atoms with Crippen LogP contribution < -0.4 is 16.0 Å². The maximum atomic E-state index is 11.8. The summed E-state index contributed by atoms with van der Waals surface area (Å²) >= 11 is 0. The minimum atomic E-state index is -0.381. The highest BCUT2D eigenvalue weighted by Gasteiger charge is 2.15. The van der Waals surface area contributed by atoms with Gasteiger partial charge in [0.25, 0.3) is 0 Å². The second kappa shape index (κ2) is 11.5. The van der Waals surface area contributed by atoms with Crippen molar-refractivity contribution in [3.05, 3.63) is 17.0 Å². The standard InChI is InChI=1S/C19H36N6O2/c1-8-20-18(22-12-17-14(5)24-25(7)15(17)6)21-11-16(10-13(3)4)23-19(26)27-9-2/h13,16H,8-12H2,1-7H3,(H,23,26)(H2,20,21,22). The molecule has 3 N–H and O–H groups in total. The van der Waals surface area contributed by atoms with E-state index < -0.39 is 0 Å². The minimum absolute atomic E-state index is 0.0326. The van der Waals surface area contributed by atoms with E-state index in [4.69, 9.17) is 4.74 Å². The zero-order valence-electron chi connectivity index (χ0n) is 17.8. The fraction of sp³-hybridized carbons (Fsp3) is 0.737.